The normalized spacial score (nSPS) is 10.5. The maximum atomic E-state index is 5.85. The number of hydrogen-bond acceptors (Lipinski definition) is 2. The monoisotopic (exact) mass is 190 g/mol. The maximum Gasteiger partial charge on any atom is 0.0390 e. The van der Waals surface area contributed by atoms with Crippen LogP contribution in [0.5, 0.6) is 0 Å². The second-order valence-corrected chi connectivity index (χ2v) is 3.74. The smallest absolute Gasteiger partial charge is 0.0390 e. The number of nitrogens with two attached hydrogens (primary N) is 1. The van der Waals surface area contributed by atoms with Crippen molar-refractivity contribution in [3.05, 3.63) is 36.4 Å². The quantitative estimate of drug-likeness (QED) is 0.738. The van der Waals surface area contributed by atoms with Gasteiger partial charge in [0.05, 0.1) is 0 Å². The summed E-state index contributed by atoms with van der Waals surface area (Å²) < 4.78 is 0. The van der Waals surface area contributed by atoms with E-state index in [0.29, 0.717) is 0 Å². The third-order valence-corrected chi connectivity index (χ3v) is 2.20. The molecule has 2 heteroatoms. The van der Waals surface area contributed by atoms with Crippen molar-refractivity contribution < 1.29 is 0 Å². The zero-order valence-corrected chi connectivity index (χ0v) is 8.96. The summed E-state index contributed by atoms with van der Waals surface area (Å²) in [6, 6.07) is 7.87. The van der Waals surface area contributed by atoms with Crippen molar-refractivity contribution in [3.63, 3.8) is 0 Å². The molecule has 0 saturated heterocycles. The topological polar surface area (TPSA) is 29.3 Å². The highest BCUT2D eigenvalue weighted by Gasteiger charge is 2.02. The summed E-state index contributed by atoms with van der Waals surface area (Å²) in [5.74, 6) is 0. The van der Waals surface area contributed by atoms with Gasteiger partial charge in [0.2, 0.25) is 0 Å². The molecule has 1 aromatic rings. The largest absolute Gasteiger partial charge is 0.398 e. The maximum absolute atomic E-state index is 5.85. The lowest BCUT2D eigenvalue weighted by atomic mass is 10.0. The number of nitrogens with zero attached hydrogens (tertiary/aromatic N) is 1. The van der Waals surface area contributed by atoms with Gasteiger partial charge < -0.3 is 10.6 Å². The van der Waals surface area contributed by atoms with E-state index in [0.717, 1.165) is 29.8 Å². The molecule has 0 amide bonds. The summed E-state index contributed by atoms with van der Waals surface area (Å²) in [6.07, 6.45) is 0.960. The molecule has 0 aliphatic rings. The van der Waals surface area contributed by atoms with Crippen LogP contribution >= 0.6 is 0 Å². The second-order valence-electron chi connectivity index (χ2n) is 3.74. The number of nitrogen functional groups attached to an aromatic ring is 1. The molecule has 0 atom stereocenters. The van der Waals surface area contributed by atoms with Gasteiger partial charge in [0.25, 0.3) is 0 Å². The first kappa shape index (κ1) is 10.8. The van der Waals surface area contributed by atoms with Gasteiger partial charge in [0.1, 0.15) is 0 Å². The summed E-state index contributed by atoms with van der Waals surface area (Å²) in [5.41, 5.74) is 8.86. The van der Waals surface area contributed by atoms with Gasteiger partial charge >= 0.3 is 0 Å². The van der Waals surface area contributed by atoms with E-state index < -0.39 is 0 Å². The van der Waals surface area contributed by atoms with Crippen molar-refractivity contribution in [2.45, 2.75) is 6.42 Å². The summed E-state index contributed by atoms with van der Waals surface area (Å²) in [7, 11) is 4.11. The zero-order valence-electron chi connectivity index (χ0n) is 8.96. The predicted molar refractivity (Wildman–Crippen MR) is 63.1 cm³/mol. The minimum atomic E-state index is 0.816. The Kier molecular flexibility index (Phi) is 3.72. The molecule has 76 valence electrons. The Morgan fingerprint density at radius 2 is 2.00 bits per heavy atom. The van der Waals surface area contributed by atoms with Gasteiger partial charge in [0, 0.05) is 17.8 Å². The molecule has 1 rings (SSSR count). The minimum Gasteiger partial charge on any atom is -0.398 e. The number of para-hydroxylation sites is 1. The molecule has 0 aliphatic heterocycles. The molecule has 0 bridgehead atoms. The molecule has 0 radical (unpaired) electrons. The lowest BCUT2D eigenvalue weighted by Gasteiger charge is -2.12. The molecule has 0 fully saturated rings. The Balaban J connectivity index is 2.65. The second kappa shape index (κ2) is 4.82. The number of anilines is 1. The fourth-order valence-corrected chi connectivity index (χ4v) is 1.31. The zero-order chi connectivity index (χ0) is 10.6. The Morgan fingerprint density at radius 3 is 2.57 bits per heavy atom. The fraction of sp³-hybridized carbons (Fsp3) is 0.333. The molecule has 2 nitrogen and oxygen atoms in total. The first-order valence-electron chi connectivity index (χ1n) is 4.78. The van der Waals surface area contributed by atoms with Crippen molar-refractivity contribution in [3.8, 4) is 0 Å². The lowest BCUT2D eigenvalue weighted by Crippen LogP contribution is -2.13. The van der Waals surface area contributed by atoms with Crippen molar-refractivity contribution in [2.24, 2.45) is 0 Å². The van der Waals surface area contributed by atoms with Crippen molar-refractivity contribution in [2.75, 3.05) is 26.4 Å². The molecule has 14 heavy (non-hydrogen) atoms. The number of benzene rings is 1. The molecule has 0 unspecified atom stereocenters. The van der Waals surface area contributed by atoms with Crippen molar-refractivity contribution >= 4 is 11.3 Å². The molecular weight excluding hydrogens is 172 g/mol. The third kappa shape index (κ3) is 2.89. The SMILES string of the molecule is C=C(CCN(C)C)c1ccccc1N. The number of rotatable bonds is 4. The average Bonchev–Trinajstić information content (AvgIpc) is 2.15. The van der Waals surface area contributed by atoms with Crippen LogP contribution in [-0.2, 0) is 0 Å². The number of hydrogen-bond donors (Lipinski definition) is 1. The van der Waals surface area contributed by atoms with Crippen LogP contribution in [0.1, 0.15) is 12.0 Å². The van der Waals surface area contributed by atoms with E-state index in [1.54, 1.807) is 0 Å². The standard InChI is InChI=1S/C12H18N2/c1-10(8-9-14(2)3)11-6-4-5-7-12(11)13/h4-7H,1,8-9,13H2,2-3H3. The molecular formula is C12H18N2. The highest BCUT2D eigenvalue weighted by molar-refractivity contribution is 5.73. The Labute approximate surface area is 86.0 Å². The van der Waals surface area contributed by atoms with Gasteiger partial charge in [-0.25, -0.2) is 0 Å². The summed E-state index contributed by atoms with van der Waals surface area (Å²) in [4.78, 5) is 2.14. The highest BCUT2D eigenvalue weighted by Crippen LogP contribution is 2.21. The van der Waals surface area contributed by atoms with Crippen molar-refractivity contribution in [1.29, 1.82) is 0 Å². The van der Waals surface area contributed by atoms with E-state index in [2.05, 4.69) is 25.6 Å². The summed E-state index contributed by atoms with van der Waals surface area (Å²) >= 11 is 0. The van der Waals surface area contributed by atoms with E-state index in [9.17, 15) is 0 Å². The fourth-order valence-electron chi connectivity index (χ4n) is 1.31. The summed E-state index contributed by atoms with van der Waals surface area (Å²) in [6.45, 7) is 5.06. The van der Waals surface area contributed by atoms with E-state index >= 15 is 0 Å². The third-order valence-electron chi connectivity index (χ3n) is 2.20. The average molecular weight is 190 g/mol. The van der Waals surface area contributed by atoms with Crippen molar-refractivity contribution in [1.82, 2.24) is 4.90 Å². The van der Waals surface area contributed by atoms with Gasteiger partial charge in [-0.2, -0.15) is 0 Å². The molecule has 0 heterocycles. The Bertz CT molecular complexity index is 316. The van der Waals surface area contributed by atoms with Crippen LogP contribution in [0.25, 0.3) is 5.57 Å². The van der Waals surface area contributed by atoms with Gasteiger partial charge in [0.15, 0.2) is 0 Å². The predicted octanol–water partition coefficient (Wildman–Crippen LogP) is 2.23. The first-order valence-corrected chi connectivity index (χ1v) is 4.78. The molecule has 1 aromatic carbocycles. The molecule has 0 spiro atoms. The summed E-state index contributed by atoms with van der Waals surface area (Å²) in [5, 5.41) is 0. The lowest BCUT2D eigenvalue weighted by molar-refractivity contribution is 0.419. The van der Waals surface area contributed by atoms with Crippen LogP contribution < -0.4 is 5.73 Å². The van der Waals surface area contributed by atoms with E-state index in [-0.39, 0.29) is 0 Å². The molecule has 0 aliphatic carbocycles. The van der Waals surface area contributed by atoms with Crippen LogP contribution in [0, 0.1) is 0 Å². The Hall–Kier alpha value is -1.28. The van der Waals surface area contributed by atoms with Crippen LogP contribution in [-0.4, -0.2) is 25.5 Å². The first-order chi connectivity index (χ1) is 6.61. The Morgan fingerprint density at radius 1 is 1.36 bits per heavy atom. The van der Waals surface area contributed by atoms with Gasteiger partial charge in [-0.15, -0.1) is 0 Å². The minimum absolute atomic E-state index is 0.816. The van der Waals surface area contributed by atoms with Crippen LogP contribution in [0.2, 0.25) is 0 Å². The van der Waals surface area contributed by atoms with Crippen LogP contribution in [0.15, 0.2) is 30.8 Å². The highest BCUT2D eigenvalue weighted by atomic mass is 15.0. The van der Waals surface area contributed by atoms with Crippen LogP contribution in [0.3, 0.4) is 0 Å². The van der Waals surface area contributed by atoms with Gasteiger partial charge in [-0.05, 0) is 32.2 Å². The molecule has 0 saturated carbocycles. The molecule has 0 aromatic heterocycles. The van der Waals surface area contributed by atoms with Gasteiger partial charge in [-0.1, -0.05) is 24.8 Å². The van der Waals surface area contributed by atoms with Crippen LogP contribution in [0.4, 0.5) is 5.69 Å². The van der Waals surface area contributed by atoms with E-state index in [4.69, 9.17) is 5.73 Å². The van der Waals surface area contributed by atoms with E-state index in [1.807, 2.05) is 24.3 Å². The van der Waals surface area contributed by atoms with Gasteiger partial charge in [-0.3, -0.25) is 0 Å². The molecule has 2 N–H and O–H groups in total. The van der Waals surface area contributed by atoms with E-state index in [1.165, 1.54) is 0 Å².